The lowest BCUT2D eigenvalue weighted by atomic mass is 10.1. The third kappa shape index (κ3) is 2.04. The first kappa shape index (κ1) is 9.66. The lowest BCUT2D eigenvalue weighted by molar-refractivity contribution is -0.110. The summed E-state index contributed by atoms with van der Waals surface area (Å²) < 4.78 is 0. The number of hydrogen-bond donors (Lipinski definition) is 0. The lowest BCUT2D eigenvalue weighted by Gasteiger charge is -2.19. The predicted molar refractivity (Wildman–Crippen MR) is 45.4 cm³/mol. The Morgan fingerprint density at radius 1 is 1.29 bits per heavy atom. The molecule has 0 saturated carbocycles. The number of allylic oxidation sites excluding steroid dienone is 2. The highest BCUT2D eigenvalue weighted by molar-refractivity contribution is 6.00. The van der Waals surface area contributed by atoms with Gasteiger partial charge in [0.2, 0.25) is 5.72 Å². The molecule has 0 N–H and O–H groups in total. The van der Waals surface area contributed by atoms with Crippen LogP contribution in [0.5, 0.6) is 0 Å². The molecule has 0 aromatic rings. The zero-order valence-electron chi connectivity index (χ0n) is 6.81. The Morgan fingerprint density at radius 3 is 2.43 bits per heavy atom. The summed E-state index contributed by atoms with van der Waals surface area (Å²) in [6.07, 6.45) is 4.70. The summed E-state index contributed by atoms with van der Waals surface area (Å²) in [6, 6.07) is 0. The molecule has 0 saturated heterocycles. The fraction of sp³-hybridized carbons (Fsp3) is 0.167. The fourth-order valence-electron chi connectivity index (χ4n) is 0.814. The Labute approximate surface area is 77.7 Å². The van der Waals surface area contributed by atoms with Crippen molar-refractivity contribution in [2.24, 2.45) is 10.4 Å². The summed E-state index contributed by atoms with van der Waals surface area (Å²) in [5, 5.41) is 6.07. The van der Waals surface area contributed by atoms with Gasteiger partial charge in [0.15, 0.2) is 5.78 Å². The second-order valence-electron chi connectivity index (χ2n) is 2.27. The van der Waals surface area contributed by atoms with Crippen LogP contribution in [0.2, 0.25) is 0 Å². The molecule has 70 valence electrons. The van der Waals surface area contributed by atoms with Crippen LogP contribution in [0.25, 0.3) is 20.9 Å². The van der Waals surface area contributed by atoms with Crippen molar-refractivity contribution in [1.82, 2.24) is 0 Å². The Hall–Kier alpha value is -2.43. The summed E-state index contributed by atoms with van der Waals surface area (Å²) in [5.41, 5.74) is 14.7. The number of azide groups is 2. The quantitative estimate of drug-likeness (QED) is 0.293. The first-order valence-corrected chi connectivity index (χ1v) is 3.44. The zero-order valence-corrected chi connectivity index (χ0v) is 6.81. The van der Waals surface area contributed by atoms with Gasteiger partial charge in [-0.3, -0.25) is 4.79 Å². The van der Waals surface area contributed by atoms with Gasteiger partial charge in [-0.15, -0.1) is 0 Å². The molecule has 1 aliphatic carbocycles. The third-order valence-electron chi connectivity index (χ3n) is 1.40. The Kier molecular flexibility index (Phi) is 2.75. The Bertz CT molecular complexity index is 383. The number of rotatable bonds is 3. The van der Waals surface area contributed by atoms with Crippen LogP contribution in [0.3, 0.4) is 0 Å². The largest absolute Gasteiger partial charge is 0.412 e. The minimum absolute atomic E-state index is 0.265. The summed E-state index contributed by atoms with van der Waals surface area (Å²) in [6.45, 7) is 0. The molecule has 0 fully saturated rings. The van der Waals surface area contributed by atoms with Crippen molar-refractivity contribution < 1.29 is 9.63 Å². The van der Waals surface area contributed by atoms with Crippen molar-refractivity contribution in [3.8, 4) is 0 Å². The van der Waals surface area contributed by atoms with Crippen LogP contribution >= 0.6 is 0 Å². The van der Waals surface area contributed by atoms with Crippen LogP contribution in [0, 0.1) is 0 Å². The molecule has 0 amide bonds. The average Bonchev–Trinajstić information content (AvgIpc) is 2.20. The van der Waals surface area contributed by atoms with E-state index in [-0.39, 0.29) is 5.78 Å². The molecular formula is C6H4N6O2. The molecule has 14 heavy (non-hydrogen) atoms. The minimum Gasteiger partial charge on any atom is -0.412 e. The molecule has 8 heteroatoms. The van der Waals surface area contributed by atoms with Gasteiger partial charge in [-0.25, -0.2) is 0 Å². The van der Waals surface area contributed by atoms with Gasteiger partial charge in [0, 0.05) is 9.82 Å². The van der Waals surface area contributed by atoms with Crippen LogP contribution in [0.15, 0.2) is 34.7 Å². The van der Waals surface area contributed by atoms with E-state index in [4.69, 9.17) is 11.1 Å². The maximum Gasteiger partial charge on any atom is 0.233 e. The van der Waals surface area contributed by atoms with E-state index in [1.54, 1.807) is 0 Å². The zero-order chi connectivity index (χ0) is 10.4. The normalized spacial score (nSPS) is 16.7. The van der Waals surface area contributed by atoms with E-state index < -0.39 is 5.72 Å². The molecule has 8 nitrogen and oxygen atoms in total. The summed E-state index contributed by atoms with van der Waals surface area (Å²) in [7, 11) is 0. The average molecular weight is 192 g/mol. The van der Waals surface area contributed by atoms with E-state index in [2.05, 4.69) is 25.1 Å². The smallest absolute Gasteiger partial charge is 0.233 e. The number of carbonyl (C=O) groups excluding carboxylic acids is 1. The first-order valence-electron chi connectivity index (χ1n) is 3.44. The van der Waals surface area contributed by atoms with Crippen molar-refractivity contribution >= 4 is 5.78 Å². The molecule has 0 spiro atoms. The van der Waals surface area contributed by atoms with Gasteiger partial charge in [0.1, 0.15) is 5.28 Å². The van der Waals surface area contributed by atoms with E-state index >= 15 is 0 Å². The van der Waals surface area contributed by atoms with Crippen LogP contribution in [-0.2, 0) is 9.63 Å². The van der Waals surface area contributed by atoms with Gasteiger partial charge in [0.05, 0.1) is 0 Å². The highest BCUT2D eigenvalue weighted by Gasteiger charge is 2.26. The molecule has 0 aliphatic heterocycles. The number of carbonyl (C=O) groups is 1. The first-order chi connectivity index (χ1) is 6.72. The van der Waals surface area contributed by atoms with Gasteiger partial charge in [-0.05, 0) is 40.5 Å². The predicted octanol–water partition coefficient (Wildman–Crippen LogP) is 1.93. The van der Waals surface area contributed by atoms with Crippen molar-refractivity contribution in [3.63, 3.8) is 0 Å². The molecule has 0 unspecified atom stereocenters. The Balaban J connectivity index is 3.00. The Morgan fingerprint density at radius 2 is 1.93 bits per heavy atom. The SMILES string of the molecule is [N-]=[N+]=NOC1(N=[N+]=[N-])C=CC(=O)C=C1. The number of ketones is 1. The molecule has 0 heterocycles. The molecule has 0 radical (unpaired) electrons. The molecule has 1 rings (SSSR count). The van der Waals surface area contributed by atoms with Crippen LogP contribution in [0.4, 0.5) is 0 Å². The second kappa shape index (κ2) is 3.99. The number of hydrogen-bond acceptors (Lipinski definition) is 4. The third-order valence-corrected chi connectivity index (χ3v) is 1.40. The van der Waals surface area contributed by atoms with E-state index in [0.717, 1.165) is 12.2 Å². The van der Waals surface area contributed by atoms with Crippen LogP contribution < -0.4 is 0 Å². The molecular weight excluding hydrogens is 188 g/mol. The molecule has 0 bridgehead atoms. The van der Waals surface area contributed by atoms with Gasteiger partial charge < -0.3 is 4.84 Å². The van der Waals surface area contributed by atoms with E-state index in [9.17, 15) is 4.79 Å². The minimum atomic E-state index is -1.53. The van der Waals surface area contributed by atoms with Gasteiger partial charge >= 0.3 is 0 Å². The highest BCUT2D eigenvalue weighted by Crippen LogP contribution is 2.21. The lowest BCUT2D eigenvalue weighted by Crippen LogP contribution is -2.24. The summed E-state index contributed by atoms with van der Waals surface area (Å²) in [5.74, 6) is -0.265. The van der Waals surface area contributed by atoms with Crippen molar-refractivity contribution in [2.75, 3.05) is 0 Å². The van der Waals surface area contributed by atoms with Gasteiger partial charge in [-0.2, -0.15) is 0 Å². The highest BCUT2D eigenvalue weighted by atomic mass is 16.7. The van der Waals surface area contributed by atoms with Crippen molar-refractivity contribution in [3.05, 3.63) is 45.2 Å². The van der Waals surface area contributed by atoms with Crippen molar-refractivity contribution in [2.45, 2.75) is 5.72 Å². The second-order valence-corrected chi connectivity index (χ2v) is 2.27. The van der Waals surface area contributed by atoms with Gasteiger partial charge in [-0.1, -0.05) is 0 Å². The van der Waals surface area contributed by atoms with Crippen LogP contribution in [0.1, 0.15) is 0 Å². The van der Waals surface area contributed by atoms with Gasteiger partial charge in [0.25, 0.3) is 0 Å². The maximum atomic E-state index is 10.8. The maximum absolute atomic E-state index is 10.8. The van der Waals surface area contributed by atoms with E-state index in [1.807, 2.05) is 0 Å². The van der Waals surface area contributed by atoms with E-state index in [1.165, 1.54) is 12.2 Å². The van der Waals surface area contributed by atoms with E-state index in [0.29, 0.717) is 0 Å². The van der Waals surface area contributed by atoms with Crippen LogP contribution in [-0.4, -0.2) is 11.5 Å². The molecule has 0 aromatic carbocycles. The molecule has 0 atom stereocenters. The van der Waals surface area contributed by atoms with Crippen molar-refractivity contribution in [1.29, 1.82) is 0 Å². The molecule has 1 aliphatic rings. The number of nitrogens with zero attached hydrogens (tertiary/aromatic N) is 6. The standard InChI is InChI=1S/C6H4N6O2/c7-10-9-6(14-12-11-8)3-1-5(13)2-4-6/h1-4H. The molecule has 0 aromatic heterocycles. The topological polar surface area (TPSA) is 124 Å². The summed E-state index contributed by atoms with van der Waals surface area (Å²) >= 11 is 0. The summed E-state index contributed by atoms with van der Waals surface area (Å²) in [4.78, 5) is 20.2. The monoisotopic (exact) mass is 192 g/mol. The fourth-order valence-corrected chi connectivity index (χ4v) is 0.814.